The number of alkyl halides is 1. The SMILES string of the molecule is Fc1ccc(CCCBr)cc1Cl. The first kappa shape index (κ1) is 10.0. The summed E-state index contributed by atoms with van der Waals surface area (Å²) in [6, 6.07) is 4.86. The van der Waals surface area contributed by atoms with Crippen LogP contribution in [-0.2, 0) is 6.42 Å². The standard InChI is InChI=1S/C9H9BrClF/c10-5-1-2-7-3-4-9(12)8(11)6-7/h3-4,6H,1-2,5H2. The molecular weight excluding hydrogens is 242 g/mol. The smallest absolute Gasteiger partial charge is 0.141 e. The highest BCUT2D eigenvalue weighted by molar-refractivity contribution is 9.09. The molecule has 0 radical (unpaired) electrons. The van der Waals surface area contributed by atoms with Crippen molar-refractivity contribution in [3.05, 3.63) is 34.6 Å². The van der Waals surface area contributed by atoms with Crippen LogP contribution in [0.4, 0.5) is 4.39 Å². The summed E-state index contributed by atoms with van der Waals surface area (Å²) in [4.78, 5) is 0. The number of hydrogen-bond acceptors (Lipinski definition) is 0. The van der Waals surface area contributed by atoms with E-state index in [2.05, 4.69) is 15.9 Å². The number of hydrogen-bond donors (Lipinski definition) is 0. The molecule has 0 aliphatic rings. The third-order valence-electron chi connectivity index (χ3n) is 1.58. The summed E-state index contributed by atoms with van der Waals surface area (Å²) in [5.41, 5.74) is 1.08. The van der Waals surface area contributed by atoms with Crippen molar-refractivity contribution in [1.82, 2.24) is 0 Å². The Morgan fingerprint density at radius 2 is 2.17 bits per heavy atom. The van der Waals surface area contributed by atoms with Gasteiger partial charge in [-0.3, -0.25) is 0 Å². The maximum Gasteiger partial charge on any atom is 0.141 e. The molecule has 0 heterocycles. The summed E-state index contributed by atoms with van der Waals surface area (Å²) in [7, 11) is 0. The van der Waals surface area contributed by atoms with Crippen molar-refractivity contribution in [2.75, 3.05) is 5.33 Å². The van der Waals surface area contributed by atoms with Gasteiger partial charge in [0.15, 0.2) is 0 Å². The molecule has 1 rings (SSSR count). The van der Waals surface area contributed by atoms with Crippen molar-refractivity contribution in [3.8, 4) is 0 Å². The monoisotopic (exact) mass is 250 g/mol. The number of aryl methyl sites for hydroxylation is 1. The average Bonchev–Trinajstić information content (AvgIpc) is 2.07. The zero-order valence-electron chi connectivity index (χ0n) is 6.49. The van der Waals surface area contributed by atoms with E-state index in [0.717, 1.165) is 23.7 Å². The second kappa shape index (κ2) is 4.83. The maximum atomic E-state index is 12.7. The fourth-order valence-corrected chi connectivity index (χ4v) is 1.45. The lowest BCUT2D eigenvalue weighted by Crippen LogP contribution is -1.87. The molecule has 0 amide bonds. The molecule has 0 unspecified atom stereocenters. The van der Waals surface area contributed by atoms with E-state index < -0.39 is 0 Å². The van der Waals surface area contributed by atoms with E-state index in [-0.39, 0.29) is 10.8 Å². The van der Waals surface area contributed by atoms with Crippen LogP contribution >= 0.6 is 27.5 Å². The van der Waals surface area contributed by atoms with Crippen LogP contribution in [0, 0.1) is 5.82 Å². The fraction of sp³-hybridized carbons (Fsp3) is 0.333. The second-order valence-corrected chi connectivity index (χ2v) is 3.74. The van der Waals surface area contributed by atoms with Crippen LogP contribution in [0.3, 0.4) is 0 Å². The lowest BCUT2D eigenvalue weighted by Gasteiger charge is -2.00. The molecule has 0 bridgehead atoms. The van der Waals surface area contributed by atoms with Gasteiger partial charge in [0.1, 0.15) is 5.82 Å². The van der Waals surface area contributed by atoms with Gasteiger partial charge in [-0.1, -0.05) is 33.6 Å². The first-order chi connectivity index (χ1) is 5.74. The van der Waals surface area contributed by atoms with E-state index in [9.17, 15) is 4.39 Å². The van der Waals surface area contributed by atoms with E-state index in [1.807, 2.05) is 0 Å². The predicted octanol–water partition coefficient (Wildman–Crippen LogP) is 3.81. The average molecular weight is 252 g/mol. The van der Waals surface area contributed by atoms with E-state index >= 15 is 0 Å². The van der Waals surface area contributed by atoms with Gasteiger partial charge >= 0.3 is 0 Å². The van der Waals surface area contributed by atoms with Crippen molar-refractivity contribution in [3.63, 3.8) is 0 Å². The summed E-state index contributed by atoms with van der Waals surface area (Å²) in [6.07, 6.45) is 1.98. The van der Waals surface area contributed by atoms with Gasteiger partial charge in [0.2, 0.25) is 0 Å². The van der Waals surface area contributed by atoms with Gasteiger partial charge in [-0.15, -0.1) is 0 Å². The van der Waals surface area contributed by atoms with Crippen LogP contribution in [0.5, 0.6) is 0 Å². The first-order valence-corrected chi connectivity index (χ1v) is 5.24. The molecular formula is C9H9BrClF. The number of rotatable bonds is 3. The van der Waals surface area contributed by atoms with Crippen molar-refractivity contribution in [2.24, 2.45) is 0 Å². The Morgan fingerprint density at radius 3 is 2.75 bits per heavy atom. The minimum absolute atomic E-state index is 0.210. The number of benzene rings is 1. The third kappa shape index (κ3) is 2.76. The zero-order chi connectivity index (χ0) is 8.97. The lowest BCUT2D eigenvalue weighted by molar-refractivity contribution is 0.627. The Kier molecular flexibility index (Phi) is 4.02. The molecule has 0 fully saturated rings. The second-order valence-electron chi connectivity index (χ2n) is 2.54. The predicted molar refractivity (Wildman–Crippen MR) is 53.5 cm³/mol. The van der Waals surface area contributed by atoms with Crippen molar-refractivity contribution in [1.29, 1.82) is 0 Å². The lowest BCUT2D eigenvalue weighted by atomic mass is 10.1. The van der Waals surface area contributed by atoms with E-state index in [1.165, 1.54) is 6.07 Å². The Morgan fingerprint density at radius 1 is 1.42 bits per heavy atom. The van der Waals surface area contributed by atoms with Gasteiger partial charge in [-0.25, -0.2) is 4.39 Å². The fourth-order valence-electron chi connectivity index (χ4n) is 0.966. The summed E-state index contributed by atoms with van der Waals surface area (Å²) < 4.78 is 12.7. The maximum absolute atomic E-state index is 12.7. The molecule has 0 aliphatic heterocycles. The molecule has 0 nitrogen and oxygen atoms in total. The van der Waals surface area contributed by atoms with Gasteiger partial charge < -0.3 is 0 Å². The van der Waals surface area contributed by atoms with Crippen LogP contribution in [-0.4, -0.2) is 5.33 Å². The molecule has 0 saturated heterocycles. The topological polar surface area (TPSA) is 0 Å². The summed E-state index contributed by atoms with van der Waals surface area (Å²) in [5, 5.41) is 1.17. The van der Waals surface area contributed by atoms with E-state index in [1.54, 1.807) is 12.1 Å². The van der Waals surface area contributed by atoms with Crippen LogP contribution < -0.4 is 0 Å². The normalized spacial score (nSPS) is 10.2. The van der Waals surface area contributed by atoms with Gasteiger partial charge in [-0.2, -0.15) is 0 Å². The molecule has 12 heavy (non-hydrogen) atoms. The molecule has 0 aliphatic carbocycles. The van der Waals surface area contributed by atoms with Crippen LogP contribution in [0.2, 0.25) is 5.02 Å². The minimum atomic E-state index is -0.348. The van der Waals surface area contributed by atoms with Gasteiger partial charge in [0, 0.05) is 5.33 Å². The highest BCUT2D eigenvalue weighted by atomic mass is 79.9. The molecule has 0 saturated carbocycles. The van der Waals surface area contributed by atoms with Crippen LogP contribution in [0.25, 0.3) is 0 Å². The molecule has 3 heteroatoms. The zero-order valence-corrected chi connectivity index (χ0v) is 8.83. The van der Waals surface area contributed by atoms with Gasteiger partial charge in [-0.05, 0) is 30.5 Å². The molecule has 0 spiro atoms. The minimum Gasteiger partial charge on any atom is -0.205 e. The largest absolute Gasteiger partial charge is 0.205 e. The van der Waals surface area contributed by atoms with Gasteiger partial charge in [0.25, 0.3) is 0 Å². The van der Waals surface area contributed by atoms with Crippen molar-refractivity contribution < 1.29 is 4.39 Å². The number of halogens is 3. The first-order valence-electron chi connectivity index (χ1n) is 3.74. The summed E-state index contributed by atoms with van der Waals surface area (Å²) >= 11 is 8.94. The van der Waals surface area contributed by atoms with E-state index in [4.69, 9.17) is 11.6 Å². The highest BCUT2D eigenvalue weighted by Gasteiger charge is 1.99. The third-order valence-corrected chi connectivity index (χ3v) is 2.43. The molecule has 0 atom stereocenters. The highest BCUT2D eigenvalue weighted by Crippen LogP contribution is 2.17. The van der Waals surface area contributed by atoms with Crippen molar-refractivity contribution in [2.45, 2.75) is 12.8 Å². The van der Waals surface area contributed by atoms with Crippen LogP contribution in [0.15, 0.2) is 18.2 Å². The Balaban J connectivity index is 2.69. The summed E-state index contributed by atoms with van der Waals surface area (Å²) in [5.74, 6) is -0.348. The van der Waals surface area contributed by atoms with Crippen LogP contribution in [0.1, 0.15) is 12.0 Å². The van der Waals surface area contributed by atoms with Gasteiger partial charge in [0.05, 0.1) is 5.02 Å². The quantitative estimate of drug-likeness (QED) is 0.717. The molecule has 1 aromatic rings. The van der Waals surface area contributed by atoms with E-state index in [0.29, 0.717) is 0 Å². The molecule has 0 N–H and O–H groups in total. The Labute approximate surface area is 84.9 Å². The Hall–Kier alpha value is -0.0800. The summed E-state index contributed by atoms with van der Waals surface area (Å²) in [6.45, 7) is 0. The van der Waals surface area contributed by atoms with Crippen molar-refractivity contribution >= 4 is 27.5 Å². The Bertz CT molecular complexity index is 263. The molecule has 66 valence electrons. The molecule has 0 aromatic heterocycles. The molecule has 1 aromatic carbocycles.